The van der Waals surface area contributed by atoms with Crippen molar-refractivity contribution in [1.82, 2.24) is 10.9 Å². The van der Waals surface area contributed by atoms with Gasteiger partial charge in [0, 0.05) is 0 Å². The van der Waals surface area contributed by atoms with Gasteiger partial charge in [-0.05, 0) is 37.2 Å². The van der Waals surface area contributed by atoms with Gasteiger partial charge in [-0.25, -0.2) is 10.9 Å². The second kappa shape index (κ2) is 5.73. The Kier molecular flexibility index (Phi) is 3.60. The number of allylic oxidation sites excluding steroid dienone is 6. The Labute approximate surface area is 127 Å². The van der Waals surface area contributed by atoms with E-state index in [9.17, 15) is 0 Å². The minimum Gasteiger partial charge on any atom is -0.245 e. The summed E-state index contributed by atoms with van der Waals surface area (Å²) in [5, 5.41) is 1.47. The molecule has 3 heteroatoms. The minimum absolute atomic E-state index is 0.328. The van der Waals surface area contributed by atoms with E-state index in [1.54, 1.807) is 0 Å². The first-order valence-electron chi connectivity index (χ1n) is 7.49. The summed E-state index contributed by atoms with van der Waals surface area (Å²) in [6, 6.07) is 11.0. The maximum Gasteiger partial charge on any atom is 0.0683 e. The molecule has 0 saturated carbocycles. The van der Waals surface area contributed by atoms with Crippen molar-refractivity contribution in [3.63, 3.8) is 0 Å². The smallest absolute Gasteiger partial charge is 0.0683 e. The molecule has 0 amide bonds. The summed E-state index contributed by atoms with van der Waals surface area (Å²) in [4.78, 5) is 0. The van der Waals surface area contributed by atoms with Crippen LogP contribution in [0.3, 0.4) is 0 Å². The fourth-order valence-corrected chi connectivity index (χ4v) is 6.16. The Bertz CT molecular complexity index is 604. The monoisotopic (exact) mass is 294 g/mol. The van der Waals surface area contributed by atoms with E-state index in [0.29, 0.717) is 11.6 Å². The van der Waals surface area contributed by atoms with Crippen molar-refractivity contribution in [2.75, 3.05) is 0 Å². The fraction of sp³-hybridized carbons (Fsp3) is 0.222. The van der Waals surface area contributed by atoms with Gasteiger partial charge in [0.2, 0.25) is 0 Å². The Morgan fingerprint density at radius 1 is 0.810 bits per heavy atom. The number of hydrogen-bond acceptors (Lipinski definition) is 2. The lowest BCUT2D eigenvalue weighted by atomic mass is 10.2. The first-order chi connectivity index (χ1) is 10.4. The van der Waals surface area contributed by atoms with Crippen molar-refractivity contribution in [1.29, 1.82) is 0 Å². The summed E-state index contributed by atoms with van der Waals surface area (Å²) in [5.41, 5.74) is 10.2. The van der Waals surface area contributed by atoms with E-state index >= 15 is 0 Å². The number of rotatable bonds is 3. The maximum atomic E-state index is 3.58. The normalized spacial score (nSPS) is 28.2. The molecule has 21 heavy (non-hydrogen) atoms. The first-order valence-corrected chi connectivity index (χ1v) is 8.97. The summed E-state index contributed by atoms with van der Waals surface area (Å²) in [6.07, 6.45) is 15.6. The Hall–Kier alpha value is -1.47. The standard InChI is InChI=1S/C18H19N2P/c1-2-12-16(13-3-1)21-17(14-8-4-5-9-14)19-20-18(21)15-10-6-7-11-15/h1-8,10,12-13,17-20H,9,11H2/t17-,18-/m0/s1. The average Bonchev–Trinajstić information content (AvgIpc) is 3.27. The van der Waals surface area contributed by atoms with Gasteiger partial charge in [0.1, 0.15) is 0 Å². The SMILES string of the molecule is C1=CCC([C@H]2NN[C@H](C3=CC=CC3)P2c2ccccc2)=C1. The quantitative estimate of drug-likeness (QED) is 0.836. The molecule has 1 heterocycles. The molecule has 0 radical (unpaired) electrons. The fourth-order valence-electron chi connectivity index (χ4n) is 3.22. The lowest BCUT2D eigenvalue weighted by Crippen LogP contribution is -2.34. The van der Waals surface area contributed by atoms with Gasteiger partial charge in [0.15, 0.2) is 0 Å². The van der Waals surface area contributed by atoms with Gasteiger partial charge < -0.3 is 0 Å². The van der Waals surface area contributed by atoms with Crippen molar-refractivity contribution in [3.05, 3.63) is 77.9 Å². The summed E-state index contributed by atoms with van der Waals surface area (Å²) in [7, 11) is -0.328. The molecule has 1 aromatic carbocycles. The predicted octanol–water partition coefficient (Wildman–Crippen LogP) is 3.33. The van der Waals surface area contributed by atoms with E-state index in [1.807, 2.05) is 0 Å². The molecule has 1 aliphatic heterocycles. The van der Waals surface area contributed by atoms with Crippen LogP contribution in [-0.4, -0.2) is 11.6 Å². The average molecular weight is 294 g/mol. The third kappa shape index (κ3) is 2.44. The van der Waals surface area contributed by atoms with E-state index < -0.39 is 0 Å². The topological polar surface area (TPSA) is 24.1 Å². The molecule has 1 saturated heterocycles. The lowest BCUT2D eigenvalue weighted by Gasteiger charge is -2.26. The summed E-state index contributed by atoms with van der Waals surface area (Å²) < 4.78 is 0. The van der Waals surface area contributed by atoms with E-state index in [4.69, 9.17) is 0 Å². The Morgan fingerprint density at radius 2 is 1.38 bits per heavy atom. The molecule has 1 aromatic rings. The van der Waals surface area contributed by atoms with Crippen LogP contribution in [0.5, 0.6) is 0 Å². The molecule has 1 fully saturated rings. The molecule has 106 valence electrons. The summed E-state index contributed by atoms with van der Waals surface area (Å²) in [6.45, 7) is 0. The van der Waals surface area contributed by atoms with Crippen LogP contribution in [0.25, 0.3) is 0 Å². The van der Waals surface area contributed by atoms with Crippen LogP contribution in [0.4, 0.5) is 0 Å². The molecule has 0 unspecified atom stereocenters. The second-order valence-corrected chi connectivity index (χ2v) is 7.95. The lowest BCUT2D eigenvalue weighted by molar-refractivity contribution is 0.580. The van der Waals surface area contributed by atoms with E-state index in [1.165, 1.54) is 16.5 Å². The van der Waals surface area contributed by atoms with Crippen molar-refractivity contribution in [2.24, 2.45) is 0 Å². The van der Waals surface area contributed by atoms with Crippen LogP contribution in [-0.2, 0) is 0 Å². The van der Waals surface area contributed by atoms with Gasteiger partial charge in [0.05, 0.1) is 11.6 Å². The largest absolute Gasteiger partial charge is 0.245 e. The number of nitrogens with one attached hydrogen (secondary N) is 2. The highest BCUT2D eigenvalue weighted by Gasteiger charge is 2.39. The van der Waals surface area contributed by atoms with Crippen LogP contribution in [0.1, 0.15) is 12.8 Å². The highest BCUT2D eigenvalue weighted by molar-refractivity contribution is 7.67. The molecule has 3 aliphatic rings. The number of hydrogen-bond donors (Lipinski definition) is 2. The third-order valence-corrected chi connectivity index (χ3v) is 7.20. The van der Waals surface area contributed by atoms with Crippen LogP contribution in [0, 0.1) is 0 Å². The number of benzene rings is 1. The molecular weight excluding hydrogens is 275 g/mol. The molecule has 2 aliphatic carbocycles. The highest BCUT2D eigenvalue weighted by Crippen LogP contribution is 2.53. The van der Waals surface area contributed by atoms with Gasteiger partial charge in [-0.2, -0.15) is 0 Å². The van der Waals surface area contributed by atoms with E-state index in [-0.39, 0.29) is 7.92 Å². The summed E-state index contributed by atoms with van der Waals surface area (Å²) >= 11 is 0. The van der Waals surface area contributed by atoms with E-state index in [2.05, 4.69) is 77.6 Å². The molecule has 0 bridgehead atoms. The minimum atomic E-state index is -0.328. The summed E-state index contributed by atoms with van der Waals surface area (Å²) in [5.74, 6) is 0.868. The molecule has 0 spiro atoms. The molecule has 0 aromatic heterocycles. The van der Waals surface area contributed by atoms with Gasteiger partial charge >= 0.3 is 0 Å². The van der Waals surface area contributed by atoms with Crippen molar-refractivity contribution in [2.45, 2.75) is 24.4 Å². The van der Waals surface area contributed by atoms with Gasteiger partial charge in [-0.3, -0.25) is 0 Å². The first kappa shape index (κ1) is 13.2. The maximum absolute atomic E-state index is 3.58. The molecule has 2 nitrogen and oxygen atoms in total. The van der Waals surface area contributed by atoms with E-state index in [0.717, 1.165) is 12.8 Å². The Morgan fingerprint density at radius 3 is 1.86 bits per heavy atom. The second-order valence-electron chi connectivity index (χ2n) is 5.58. The highest BCUT2D eigenvalue weighted by atomic mass is 31.1. The number of hydrazine groups is 1. The molecule has 4 rings (SSSR count). The van der Waals surface area contributed by atoms with Crippen molar-refractivity contribution >= 4 is 13.2 Å². The van der Waals surface area contributed by atoms with Crippen LogP contribution < -0.4 is 16.2 Å². The van der Waals surface area contributed by atoms with Gasteiger partial charge in [-0.15, -0.1) is 0 Å². The molecule has 2 atom stereocenters. The van der Waals surface area contributed by atoms with Gasteiger partial charge in [-0.1, -0.05) is 66.8 Å². The molecular formula is C18H19N2P. The van der Waals surface area contributed by atoms with Crippen LogP contribution in [0.2, 0.25) is 0 Å². The third-order valence-electron chi connectivity index (χ3n) is 4.27. The van der Waals surface area contributed by atoms with Crippen molar-refractivity contribution < 1.29 is 0 Å². The van der Waals surface area contributed by atoms with Crippen molar-refractivity contribution in [3.8, 4) is 0 Å². The van der Waals surface area contributed by atoms with Gasteiger partial charge in [0.25, 0.3) is 0 Å². The zero-order valence-corrected chi connectivity index (χ0v) is 12.8. The zero-order valence-electron chi connectivity index (χ0n) is 11.9. The van der Waals surface area contributed by atoms with Crippen LogP contribution in [0.15, 0.2) is 77.9 Å². The Balaban J connectivity index is 1.69. The van der Waals surface area contributed by atoms with Crippen LogP contribution >= 0.6 is 7.92 Å². The molecule has 2 N–H and O–H groups in total. The zero-order chi connectivity index (χ0) is 14.1. The predicted molar refractivity (Wildman–Crippen MR) is 90.5 cm³/mol.